The SMILES string of the molecule is O=C(O)c1cccc(N2CCCN(Cc3ccccc3)C2=O)c1.O=C1N(Cc2ccccc2)CCCN1c1ccccc1. The van der Waals surface area contributed by atoms with Gasteiger partial charge >= 0.3 is 18.0 Å². The van der Waals surface area contributed by atoms with Gasteiger partial charge in [0.25, 0.3) is 0 Å². The molecule has 0 spiro atoms. The molecule has 2 aliphatic heterocycles. The van der Waals surface area contributed by atoms with Crippen molar-refractivity contribution in [3.63, 3.8) is 0 Å². The summed E-state index contributed by atoms with van der Waals surface area (Å²) in [6.45, 7) is 4.19. The molecular weight excluding hydrogens is 540 g/mol. The van der Waals surface area contributed by atoms with Gasteiger partial charge in [-0.2, -0.15) is 0 Å². The molecule has 4 aromatic carbocycles. The van der Waals surface area contributed by atoms with E-state index in [1.807, 2.05) is 88.7 Å². The largest absolute Gasteiger partial charge is 0.478 e. The summed E-state index contributed by atoms with van der Waals surface area (Å²) < 4.78 is 0. The van der Waals surface area contributed by atoms with E-state index in [1.165, 1.54) is 11.6 Å². The third kappa shape index (κ3) is 7.60. The molecule has 6 rings (SSSR count). The van der Waals surface area contributed by atoms with Crippen LogP contribution in [0.5, 0.6) is 0 Å². The highest BCUT2D eigenvalue weighted by molar-refractivity contribution is 5.95. The number of amides is 4. The summed E-state index contributed by atoms with van der Waals surface area (Å²) in [7, 11) is 0. The van der Waals surface area contributed by atoms with Crippen LogP contribution in [0, 0.1) is 0 Å². The zero-order valence-electron chi connectivity index (χ0n) is 24.1. The Morgan fingerprint density at radius 3 is 1.49 bits per heavy atom. The molecule has 0 saturated carbocycles. The molecule has 0 unspecified atom stereocenters. The molecule has 0 radical (unpaired) electrons. The van der Waals surface area contributed by atoms with Crippen LogP contribution < -0.4 is 9.80 Å². The monoisotopic (exact) mass is 576 g/mol. The first-order valence-corrected chi connectivity index (χ1v) is 14.6. The van der Waals surface area contributed by atoms with E-state index >= 15 is 0 Å². The van der Waals surface area contributed by atoms with E-state index in [0.29, 0.717) is 31.9 Å². The van der Waals surface area contributed by atoms with Crippen molar-refractivity contribution in [2.45, 2.75) is 25.9 Å². The summed E-state index contributed by atoms with van der Waals surface area (Å²) in [6, 6.07) is 36.4. The predicted molar refractivity (Wildman–Crippen MR) is 168 cm³/mol. The van der Waals surface area contributed by atoms with Crippen molar-refractivity contribution in [3.8, 4) is 0 Å². The number of carbonyl (C=O) groups excluding carboxylic acids is 2. The van der Waals surface area contributed by atoms with Crippen LogP contribution in [-0.2, 0) is 13.1 Å². The minimum Gasteiger partial charge on any atom is -0.478 e. The van der Waals surface area contributed by atoms with Crippen LogP contribution in [0.3, 0.4) is 0 Å². The zero-order valence-corrected chi connectivity index (χ0v) is 24.1. The number of aromatic carboxylic acids is 1. The van der Waals surface area contributed by atoms with Gasteiger partial charge in [-0.1, -0.05) is 84.9 Å². The van der Waals surface area contributed by atoms with Crippen molar-refractivity contribution in [1.82, 2.24) is 9.80 Å². The number of benzene rings is 4. The van der Waals surface area contributed by atoms with Gasteiger partial charge in [0, 0.05) is 50.6 Å². The molecule has 8 heteroatoms. The molecule has 0 aliphatic carbocycles. The van der Waals surface area contributed by atoms with Crippen LogP contribution in [0.4, 0.5) is 21.0 Å². The Morgan fingerprint density at radius 1 is 0.558 bits per heavy atom. The van der Waals surface area contributed by atoms with Crippen molar-refractivity contribution < 1.29 is 19.5 Å². The van der Waals surface area contributed by atoms with Crippen LogP contribution in [0.2, 0.25) is 0 Å². The summed E-state index contributed by atoms with van der Waals surface area (Å²) in [6.07, 6.45) is 1.86. The van der Waals surface area contributed by atoms with E-state index in [-0.39, 0.29) is 17.6 Å². The maximum absolute atomic E-state index is 12.7. The van der Waals surface area contributed by atoms with Crippen LogP contribution in [0.15, 0.2) is 115 Å². The Balaban J connectivity index is 0.000000173. The maximum Gasteiger partial charge on any atom is 0.335 e. The Morgan fingerprint density at radius 2 is 1.00 bits per heavy atom. The molecule has 0 atom stereocenters. The molecular formula is C35H36N4O4. The third-order valence-electron chi connectivity index (χ3n) is 7.53. The molecule has 1 N–H and O–H groups in total. The lowest BCUT2D eigenvalue weighted by Gasteiger charge is -2.35. The van der Waals surface area contributed by atoms with Gasteiger partial charge in [0.1, 0.15) is 0 Å². The molecule has 4 aromatic rings. The number of hydrogen-bond acceptors (Lipinski definition) is 3. The minimum absolute atomic E-state index is 0.0809. The number of rotatable bonds is 7. The average molecular weight is 577 g/mol. The molecule has 220 valence electrons. The van der Waals surface area contributed by atoms with Gasteiger partial charge in [-0.3, -0.25) is 9.80 Å². The van der Waals surface area contributed by atoms with E-state index < -0.39 is 5.97 Å². The molecule has 2 heterocycles. The van der Waals surface area contributed by atoms with Crippen molar-refractivity contribution in [3.05, 3.63) is 132 Å². The third-order valence-corrected chi connectivity index (χ3v) is 7.53. The fraction of sp³-hybridized carbons (Fsp3) is 0.229. The van der Waals surface area contributed by atoms with Crippen molar-refractivity contribution in [1.29, 1.82) is 0 Å². The molecule has 43 heavy (non-hydrogen) atoms. The smallest absolute Gasteiger partial charge is 0.335 e. The Kier molecular flexibility index (Phi) is 9.69. The number of para-hydroxylation sites is 1. The quantitative estimate of drug-likeness (QED) is 0.264. The van der Waals surface area contributed by atoms with E-state index in [2.05, 4.69) is 12.1 Å². The fourth-order valence-corrected chi connectivity index (χ4v) is 5.36. The minimum atomic E-state index is -0.988. The summed E-state index contributed by atoms with van der Waals surface area (Å²) in [5.41, 5.74) is 4.07. The molecule has 0 aromatic heterocycles. The summed E-state index contributed by atoms with van der Waals surface area (Å²) >= 11 is 0. The number of carbonyl (C=O) groups is 3. The summed E-state index contributed by atoms with van der Waals surface area (Å²) in [5, 5.41) is 9.11. The first-order valence-electron chi connectivity index (χ1n) is 14.6. The molecule has 0 bridgehead atoms. The first-order chi connectivity index (χ1) is 21.0. The van der Waals surface area contributed by atoms with Gasteiger partial charge in [0.05, 0.1) is 5.56 Å². The number of anilines is 2. The summed E-state index contributed by atoms with van der Waals surface area (Å²) in [5.74, 6) is -0.988. The topological polar surface area (TPSA) is 84.4 Å². The number of carboxylic acids is 1. The van der Waals surface area contributed by atoms with Crippen molar-refractivity contribution in [2.75, 3.05) is 36.0 Å². The van der Waals surface area contributed by atoms with E-state index in [0.717, 1.165) is 37.2 Å². The molecule has 2 fully saturated rings. The second-order valence-electron chi connectivity index (χ2n) is 10.6. The molecule has 4 amide bonds. The van der Waals surface area contributed by atoms with Crippen LogP contribution in [0.25, 0.3) is 0 Å². The molecule has 8 nitrogen and oxygen atoms in total. The normalized spacial score (nSPS) is 15.2. The molecule has 2 saturated heterocycles. The number of nitrogens with zero attached hydrogens (tertiary/aromatic N) is 4. The van der Waals surface area contributed by atoms with Crippen LogP contribution >= 0.6 is 0 Å². The van der Waals surface area contributed by atoms with Crippen LogP contribution in [0.1, 0.15) is 34.3 Å². The van der Waals surface area contributed by atoms with Gasteiger partial charge in [-0.05, 0) is 54.3 Å². The zero-order chi connectivity index (χ0) is 30.0. The first kappa shape index (κ1) is 29.4. The number of hydrogen-bond donors (Lipinski definition) is 1. The molecule has 2 aliphatic rings. The highest BCUT2D eigenvalue weighted by Crippen LogP contribution is 2.23. The van der Waals surface area contributed by atoms with Gasteiger partial charge in [-0.15, -0.1) is 0 Å². The Hall–Kier alpha value is -5.11. The Labute approximate surface area is 252 Å². The average Bonchev–Trinajstić information content (AvgIpc) is 3.05. The Bertz CT molecular complexity index is 1510. The van der Waals surface area contributed by atoms with E-state index in [9.17, 15) is 14.4 Å². The number of urea groups is 2. The van der Waals surface area contributed by atoms with E-state index in [4.69, 9.17) is 5.11 Å². The number of carboxylic acid groups (broad SMARTS) is 1. The van der Waals surface area contributed by atoms with Gasteiger partial charge in [-0.25, -0.2) is 14.4 Å². The van der Waals surface area contributed by atoms with Gasteiger partial charge in [0.15, 0.2) is 0 Å². The highest BCUT2D eigenvalue weighted by Gasteiger charge is 2.28. The predicted octanol–water partition coefficient (Wildman–Crippen LogP) is 6.74. The lowest BCUT2D eigenvalue weighted by Crippen LogP contribution is -2.49. The second-order valence-corrected chi connectivity index (χ2v) is 10.6. The van der Waals surface area contributed by atoms with Gasteiger partial charge in [0.2, 0.25) is 0 Å². The van der Waals surface area contributed by atoms with Crippen molar-refractivity contribution >= 4 is 29.4 Å². The highest BCUT2D eigenvalue weighted by atomic mass is 16.4. The van der Waals surface area contributed by atoms with Crippen LogP contribution in [-0.4, -0.2) is 59.1 Å². The second kappa shape index (κ2) is 14.2. The van der Waals surface area contributed by atoms with Crippen molar-refractivity contribution in [2.24, 2.45) is 0 Å². The van der Waals surface area contributed by atoms with E-state index in [1.54, 1.807) is 28.0 Å². The maximum atomic E-state index is 12.7. The lowest BCUT2D eigenvalue weighted by atomic mass is 10.1. The fourth-order valence-electron chi connectivity index (χ4n) is 5.36. The standard InChI is InChI=1S/C18H18N2O3.C17H18N2O/c21-17(22)15-8-4-9-16(12-15)20-11-5-10-19(18(20)23)13-14-6-2-1-3-7-14;20-17-18(14-15-8-3-1-4-9-15)12-7-13-19(17)16-10-5-2-6-11-16/h1-4,6-9,12H,5,10-11,13H2,(H,21,22);1-6,8-11H,7,12-14H2. The van der Waals surface area contributed by atoms with Gasteiger partial charge < -0.3 is 14.9 Å². The lowest BCUT2D eigenvalue weighted by molar-refractivity contribution is 0.0696. The summed E-state index contributed by atoms with van der Waals surface area (Å²) in [4.78, 5) is 43.6.